The van der Waals surface area contributed by atoms with Gasteiger partial charge in [0.15, 0.2) is 0 Å². The zero-order chi connectivity index (χ0) is 17.4. The van der Waals surface area contributed by atoms with E-state index < -0.39 is 5.60 Å². The molecule has 2 rings (SSSR count). The number of rotatable bonds is 3. The molecule has 2 aliphatic rings. The standard InChI is InChI=1S/C20H31NO2/c1-8-14(3)16-9-10-21(19(22)23-20(5,6)7)18(16)17-12-13(2)11-15(17)4/h12-13,15H,3,8-11H2,1-2,4-7H3/t13-,15+/m1/s1. The average molecular weight is 317 g/mol. The number of carbonyl (C=O) groups excluding carboxylic acids is 1. The van der Waals surface area contributed by atoms with Crippen LogP contribution in [0.3, 0.4) is 0 Å². The van der Waals surface area contributed by atoms with Gasteiger partial charge in [0.05, 0.1) is 5.70 Å². The number of nitrogens with zero attached hydrogens (tertiary/aromatic N) is 1. The van der Waals surface area contributed by atoms with Crippen LogP contribution in [0.25, 0.3) is 0 Å². The fourth-order valence-corrected chi connectivity index (χ4v) is 3.54. The van der Waals surface area contributed by atoms with Crippen molar-refractivity contribution in [3.05, 3.63) is 35.1 Å². The molecule has 2 atom stereocenters. The Labute approximate surface area is 141 Å². The second kappa shape index (κ2) is 6.54. The van der Waals surface area contributed by atoms with Crippen molar-refractivity contribution in [1.82, 2.24) is 4.90 Å². The van der Waals surface area contributed by atoms with Crippen LogP contribution in [0.4, 0.5) is 4.79 Å². The summed E-state index contributed by atoms with van der Waals surface area (Å²) >= 11 is 0. The highest BCUT2D eigenvalue weighted by Crippen LogP contribution is 2.42. The van der Waals surface area contributed by atoms with Crippen molar-refractivity contribution >= 4 is 6.09 Å². The van der Waals surface area contributed by atoms with Gasteiger partial charge in [-0.3, -0.25) is 4.90 Å². The average Bonchev–Trinajstić information content (AvgIpc) is 2.98. The third kappa shape index (κ3) is 3.88. The molecule has 0 aromatic heterocycles. The molecule has 0 saturated heterocycles. The molecular formula is C20H31NO2. The van der Waals surface area contributed by atoms with Crippen LogP contribution in [-0.2, 0) is 4.74 Å². The van der Waals surface area contributed by atoms with E-state index >= 15 is 0 Å². The van der Waals surface area contributed by atoms with Gasteiger partial charge in [-0.1, -0.05) is 39.0 Å². The fraction of sp³-hybridized carbons (Fsp3) is 0.650. The lowest BCUT2D eigenvalue weighted by atomic mass is 9.94. The van der Waals surface area contributed by atoms with Gasteiger partial charge in [0.25, 0.3) is 0 Å². The van der Waals surface area contributed by atoms with Crippen molar-refractivity contribution in [3.8, 4) is 0 Å². The van der Waals surface area contributed by atoms with Crippen LogP contribution in [0.1, 0.15) is 60.8 Å². The number of carbonyl (C=O) groups is 1. The summed E-state index contributed by atoms with van der Waals surface area (Å²) in [6.45, 7) is 17.3. The molecule has 1 amide bonds. The maximum atomic E-state index is 12.7. The van der Waals surface area contributed by atoms with Gasteiger partial charge in [0.1, 0.15) is 5.60 Å². The highest BCUT2D eigenvalue weighted by atomic mass is 16.6. The first-order chi connectivity index (χ1) is 10.6. The van der Waals surface area contributed by atoms with E-state index in [0.29, 0.717) is 18.4 Å². The summed E-state index contributed by atoms with van der Waals surface area (Å²) in [5.74, 6) is 1.03. The van der Waals surface area contributed by atoms with E-state index in [1.807, 2.05) is 25.7 Å². The quantitative estimate of drug-likeness (QED) is 0.692. The highest BCUT2D eigenvalue weighted by molar-refractivity contribution is 5.74. The molecule has 1 heterocycles. The van der Waals surface area contributed by atoms with E-state index in [0.717, 1.165) is 30.5 Å². The largest absolute Gasteiger partial charge is 0.443 e. The molecular weight excluding hydrogens is 286 g/mol. The first-order valence-corrected chi connectivity index (χ1v) is 8.78. The Kier molecular flexibility index (Phi) is 5.07. The molecule has 0 N–H and O–H groups in total. The SMILES string of the molecule is C=C(CC)C1=C(C2=C[C@H](C)C[C@@H]2C)N(C(=O)OC(C)(C)C)CC1. The Bertz CT molecular complexity index is 563. The predicted octanol–water partition coefficient (Wildman–Crippen LogP) is 5.45. The number of hydrogen-bond donors (Lipinski definition) is 0. The fourth-order valence-electron chi connectivity index (χ4n) is 3.54. The van der Waals surface area contributed by atoms with E-state index in [9.17, 15) is 4.79 Å². The maximum Gasteiger partial charge on any atom is 0.414 e. The van der Waals surface area contributed by atoms with Crippen molar-refractivity contribution in [3.63, 3.8) is 0 Å². The molecule has 3 nitrogen and oxygen atoms in total. The minimum Gasteiger partial charge on any atom is -0.443 e. The van der Waals surface area contributed by atoms with Crippen LogP contribution in [0.15, 0.2) is 35.1 Å². The summed E-state index contributed by atoms with van der Waals surface area (Å²) < 4.78 is 5.63. The molecule has 0 saturated carbocycles. The molecule has 0 aromatic carbocycles. The van der Waals surface area contributed by atoms with Crippen molar-refractivity contribution in [2.75, 3.05) is 6.54 Å². The van der Waals surface area contributed by atoms with Gasteiger partial charge in [-0.05, 0) is 63.0 Å². The topological polar surface area (TPSA) is 29.5 Å². The number of ether oxygens (including phenoxy) is 1. The second-order valence-electron chi connectivity index (χ2n) is 7.90. The van der Waals surface area contributed by atoms with E-state index in [2.05, 4.69) is 33.4 Å². The van der Waals surface area contributed by atoms with Crippen LogP contribution in [0.5, 0.6) is 0 Å². The highest BCUT2D eigenvalue weighted by Gasteiger charge is 2.36. The van der Waals surface area contributed by atoms with Crippen molar-refractivity contribution in [2.24, 2.45) is 11.8 Å². The van der Waals surface area contributed by atoms with E-state index in [1.54, 1.807) is 0 Å². The predicted molar refractivity (Wildman–Crippen MR) is 95.0 cm³/mol. The Balaban J connectivity index is 2.40. The molecule has 23 heavy (non-hydrogen) atoms. The van der Waals surface area contributed by atoms with Crippen LogP contribution in [0, 0.1) is 11.8 Å². The summed E-state index contributed by atoms with van der Waals surface area (Å²) in [5.41, 5.74) is 4.27. The molecule has 0 radical (unpaired) electrons. The maximum absolute atomic E-state index is 12.7. The minimum absolute atomic E-state index is 0.237. The number of amides is 1. The first kappa shape index (κ1) is 17.8. The molecule has 0 spiro atoms. The van der Waals surface area contributed by atoms with Gasteiger partial charge in [-0.15, -0.1) is 0 Å². The van der Waals surface area contributed by atoms with E-state index in [4.69, 9.17) is 4.74 Å². The lowest BCUT2D eigenvalue weighted by molar-refractivity contribution is 0.0332. The van der Waals surface area contributed by atoms with Gasteiger partial charge < -0.3 is 4.74 Å². The van der Waals surface area contributed by atoms with Gasteiger partial charge in [-0.25, -0.2) is 4.79 Å². The Morgan fingerprint density at radius 2 is 2.04 bits per heavy atom. The zero-order valence-corrected chi connectivity index (χ0v) is 15.5. The molecule has 1 aliphatic heterocycles. The lowest BCUT2D eigenvalue weighted by Gasteiger charge is -2.28. The Hall–Kier alpha value is -1.51. The Morgan fingerprint density at radius 3 is 2.52 bits per heavy atom. The van der Waals surface area contributed by atoms with Crippen LogP contribution < -0.4 is 0 Å². The molecule has 0 fully saturated rings. The summed E-state index contributed by atoms with van der Waals surface area (Å²) in [6.07, 6.45) is 5.02. The van der Waals surface area contributed by atoms with Crippen molar-refractivity contribution in [2.45, 2.75) is 66.4 Å². The van der Waals surface area contributed by atoms with E-state index in [1.165, 1.54) is 11.1 Å². The Morgan fingerprint density at radius 1 is 1.39 bits per heavy atom. The normalized spacial score (nSPS) is 25.0. The van der Waals surface area contributed by atoms with Crippen LogP contribution >= 0.6 is 0 Å². The van der Waals surface area contributed by atoms with Gasteiger partial charge in [-0.2, -0.15) is 0 Å². The molecule has 3 heteroatoms. The van der Waals surface area contributed by atoms with E-state index in [-0.39, 0.29) is 6.09 Å². The van der Waals surface area contributed by atoms with Crippen molar-refractivity contribution in [1.29, 1.82) is 0 Å². The monoisotopic (exact) mass is 317 g/mol. The van der Waals surface area contributed by atoms with Crippen LogP contribution in [0.2, 0.25) is 0 Å². The number of allylic oxidation sites excluding steroid dienone is 3. The minimum atomic E-state index is -0.477. The molecule has 128 valence electrons. The smallest absolute Gasteiger partial charge is 0.414 e. The van der Waals surface area contributed by atoms with Gasteiger partial charge in [0.2, 0.25) is 0 Å². The third-order valence-corrected chi connectivity index (χ3v) is 4.60. The summed E-state index contributed by atoms with van der Waals surface area (Å²) in [5, 5.41) is 0. The number of hydrogen-bond acceptors (Lipinski definition) is 2. The lowest BCUT2D eigenvalue weighted by Crippen LogP contribution is -2.35. The summed E-state index contributed by atoms with van der Waals surface area (Å²) in [4.78, 5) is 14.5. The van der Waals surface area contributed by atoms with Crippen molar-refractivity contribution < 1.29 is 9.53 Å². The molecule has 1 aliphatic carbocycles. The molecule has 0 unspecified atom stereocenters. The second-order valence-corrected chi connectivity index (χ2v) is 7.90. The van der Waals surface area contributed by atoms with Gasteiger partial charge in [0, 0.05) is 6.54 Å². The first-order valence-electron chi connectivity index (χ1n) is 8.78. The molecule has 0 bridgehead atoms. The van der Waals surface area contributed by atoms with Gasteiger partial charge >= 0.3 is 6.09 Å². The summed E-state index contributed by atoms with van der Waals surface area (Å²) in [6, 6.07) is 0. The zero-order valence-electron chi connectivity index (χ0n) is 15.5. The third-order valence-electron chi connectivity index (χ3n) is 4.60. The molecule has 0 aromatic rings. The summed E-state index contributed by atoms with van der Waals surface area (Å²) in [7, 11) is 0. The van der Waals surface area contributed by atoms with Crippen LogP contribution in [-0.4, -0.2) is 23.1 Å².